The van der Waals surface area contributed by atoms with E-state index in [2.05, 4.69) is 5.32 Å². The summed E-state index contributed by atoms with van der Waals surface area (Å²) in [5, 5.41) is 21.2. The number of nitrogens with one attached hydrogen (secondary N) is 1. The van der Waals surface area contributed by atoms with Gasteiger partial charge in [0.15, 0.2) is 6.04 Å². The number of hydrogen-bond donors (Lipinski definition) is 3. The average molecular weight is 292 g/mol. The largest absolute Gasteiger partial charge is 0.479 e. The van der Waals surface area contributed by atoms with Crippen molar-refractivity contribution in [3.63, 3.8) is 0 Å². The Morgan fingerprint density at radius 1 is 1.29 bits per heavy atom. The molecule has 6 heteroatoms. The lowest BCUT2D eigenvalue weighted by molar-refractivity contribution is -0.139. The lowest BCUT2D eigenvalue weighted by Gasteiger charge is -2.35. The molecule has 1 aromatic carbocycles. The number of likely N-dealkylation sites (tertiary alicyclic amines) is 1. The van der Waals surface area contributed by atoms with E-state index in [4.69, 9.17) is 0 Å². The Balaban J connectivity index is 2.10. The molecular formula is C15H20N2O4. The number of nitrogens with zero attached hydrogens (tertiary/aromatic N) is 1. The second-order valence-corrected chi connectivity index (χ2v) is 5.16. The van der Waals surface area contributed by atoms with Crippen molar-refractivity contribution >= 4 is 12.0 Å². The number of aliphatic hydroxyl groups excluding tert-OH is 1. The summed E-state index contributed by atoms with van der Waals surface area (Å²) in [7, 11) is 0. The van der Waals surface area contributed by atoms with Crippen LogP contribution < -0.4 is 5.32 Å². The minimum absolute atomic E-state index is 0.101. The second kappa shape index (κ2) is 7.08. The first-order valence-electron chi connectivity index (χ1n) is 7.09. The van der Waals surface area contributed by atoms with Crippen molar-refractivity contribution in [1.29, 1.82) is 0 Å². The van der Waals surface area contributed by atoms with E-state index in [1.54, 1.807) is 30.3 Å². The molecule has 0 aromatic heterocycles. The van der Waals surface area contributed by atoms with Gasteiger partial charge in [-0.25, -0.2) is 9.59 Å². The van der Waals surface area contributed by atoms with Gasteiger partial charge in [0.2, 0.25) is 0 Å². The maximum absolute atomic E-state index is 12.3. The Labute approximate surface area is 123 Å². The van der Waals surface area contributed by atoms with Gasteiger partial charge in [0, 0.05) is 6.54 Å². The number of aliphatic carboxylic acids is 1. The third kappa shape index (κ3) is 3.72. The fourth-order valence-electron chi connectivity index (χ4n) is 2.60. The smallest absolute Gasteiger partial charge is 0.330 e. The molecule has 2 atom stereocenters. The van der Waals surface area contributed by atoms with Crippen molar-refractivity contribution in [1.82, 2.24) is 10.2 Å². The molecule has 1 aliphatic rings. The molecule has 0 bridgehead atoms. The zero-order chi connectivity index (χ0) is 15.2. The van der Waals surface area contributed by atoms with E-state index in [-0.39, 0.29) is 12.6 Å². The Kier molecular flexibility index (Phi) is 5.16. The molecule has 1 fully saturated rings. The standard InChI is InChI=1S/C15H20N2O4/c18-10-12-8-4-5-9-17(12)15(21)16-13(14(19)20)11-6-2-1-3-7-11/h1-3,6-7,12-13,18H,4-5,8-10H2,(H,16,21)(H,19,20). The molecule has 2 rings (SSSR count). The summed E-state index contributed by atoms with van der Waals surface area (Å²) < 4.78 is 0. The van der Waals surface area contributed by atoms with Gasteiger partial charge in [-0.05, 0) is 24.8 Å². The number of piperidine rings is 1. The molecule has 1 saturated heterocycles. The highest BCUT2D eigenvalue weighted by Crippen LogP contribution is 2.19. The van der Waals surface area contributed by atoms with Crippen LogP contribution in [0.5, 0.6) is 0 Å². The van der Waals surface area contributed by atoms with Crippen LogP contribution in [0.1, 0.15) is 30.9 Å². The molecule has 2 amide bonds. The molecular weight excluding hydrogens is 272 g/mol. The van der Waals surface area contributed by atoms with Crippen LogP contribution in [-0.2, 0) is 4.79 Å². The quantitative estimate of drug-likeness (QED) is 0.782. The Morgan fingerprint density at radius 2 is 2.00 bits per heavy atom. The lowest BCUT2D eigenvalue weighted by atomic mass is 10.0. The molecule has 1 aliphatic heterocycles. The molecule has 2 unspecified atom stereocenters. The molecule has 0 spiro atoms. The zero-order valence-electron chi connectivity index (χ0n) is 11.7. The first-order valence-corrected chi connectivity index (χ1v) is 7.09. The monoisotopic (exact) mass is 292 g/mol. The molecule has 1 aromatic rings. The summed E-state index contributed by atoms with van der Waals surface area (Å²) in [4.78, 5) is 25.2. The van der Waals surface area contributed by atoms with E-state index in [0.717, 1.165) is 19.3 Å². The number of urea groups is 1. The highest BCUT2D eigenvalue weighted by Gasteiger charge is 2.29. The van der Waals surface area contributed by atoms with E-state index in [0.29, 0.717) is 12.1 Å². The molecule has 3 N–H and O–H groups in total. The van der Waals surface area contributed by atoms with Crippen molar-refractivity contribution in [2.24, 2.45) is 0 Å². The molecule has 21 heavy (non-hydrogen) atoms. The van der Waals surface area contributed by atoms with Crippen LogP contribution >= 0.6 is 0 Å². The Bertz CT molecular complexity index is 492. The van der Waals surface area contributed by atoms with Gasteiger partial charge in [-0.1, -0.05) is 30.3 Å². The highest BCUT2D eigenvalue weighted by atomic mass is 16.4. The number of carboxylic acid groups (broad SMARTS) is 1. The predicted molar refractivity (Wildman–Crippen MR) is 76.8 cm³/mol. The van der Waals surface area contributed by atoms with Crippen LogP contribution in [0.2, 0.25) is 0 Å². The SMILES string of the molecule is O=C(O)C(NC(=O)N1CCCCC1CO)c1ccccc1. The minimum Gasteiger partial charge on any atom is -0.479 e. The number of rotatable bonds is 4. The Morgan fingerprint density at radius 3 is 2.62 bits per heavy atom. The number of aliphatic hydroxyl groups is 1. The van der Waals surface area contributed by atoms with Crippen LogP contribution in [0, 0.1) is 0 Å². The molecule has 0 saturated carbocycles. The van der Waals surface area contributed by atoms with Crippen LogP contribution in [0.3, 0.4) is 0 Å². The van der Waals surface area contributed by atoms with Crippen molar-refractivity contribution in [3.05, 3.63) is 35.9 Å². The molecule has 0 aliphatic carbocycles. The topological polar surface area (TPSA) is 89.9 Å². The van der Waals surface area contributed by atoms with Gasteiger partial charge in [-0.3, -0.25) is 0 Å². The summed E-state index contributed by atoms with van der Waals surface area (Å²) in [5.74, 6) is -1.10. The molecule has 0 radical (unpaired) electrons. The number of carbonyl (C=O) groups excluding carboxylic acids is 1. The minimum atomic E-state index is -1.10. The number of hydrogen-bond acceptors (Lipinski definition) is 3. The van der Waals surface area contributed by atoms with E-state index in [1.165, 1.54) is 4.90 Å². The molecule has 114 valence electrons. The summed E-state index contributed by atoms with van der Waals surface area (Å²) in [6, 6.07) is 6.83. The van der Waals surface area contributed by atoms with Crippen molar-refractivity contribution in [2.45, 2.75) is 31.3 Å². The third-order valence-corrected chi connectivity index (χ3v) is 3.75. The number of carbonyl (C=O) groups is 2. The van der Waals surface area contributed by atoms with Crippen LogP contribution in [0.15, 0.2) is 30.3 Å². The molecule has 1 heterocycles. The van der Waals surface area contributed by atoms with Gasteiger partial charge in [0.05, 0.1) is 12.6 Å². The van der Waals surface area contributed by atoms with Crippen LogP contribution in [0.25, 0.3) is 0 Å². The lowest BCUT2D eigenvalue weighted by Crippen LogP contribution is -2.51. The van der Waals surface area contributed by atoms with Crippen molar-refractivity contribution in [3.8, 4) is 0 Å². The summed E-state index contributed by atoms with van der Waals surface area (Å²) >= 11 is 0. The third-order valence-electron chi connectivity index (χ3n) is 3.75. The van der Waals surface area contributed by atoms with Crippen molar-refractivity contribution < 1.29 is 19.8 Å². The van der Waals surface area contributed by atoms with E-state index in [9.17, 15) is 19.8 Å². The maximum Gasteiger partial charge on any atom is 0.330 e. The van der Waals surface area contributed by atoms with Crippen LogP contribution in [0.4, 0.5) is 4.79 Å². The normalized spacial score (nSPS) is 19.9. The van der Waals surface area contributed by atoms with E-state index >= 15 is 0 Å². The first-order chi connectivity index (χ1) is 10.1. The van der Waals surface area contributed by atoms with Gasteiger partial charge in [0.25, 0.3) is 0 Å². The highest BCUT2D eigenvalue weighted by molar-refractivity contribution is 5.83. The number of carboxylic acids is 1. The van der Waals surface area contributed by atoms with Gasteiger partial charge < -0.3 is 20.4 Å². The zero-order valence-corrected chi connectivity index (χ0v) is 11.7. The molecule has 6 nitrogen and oxygen atoms in total. The summed E-state index contributed by atoms with van der Waals surface area (Å²) in [5.41, 5.74) is 0.524. The van der Waals surface area contributed by atoms with Crippen LogP contribution in [-0.4, -0.2) is 46.3 Å². The van der Waals surface area contributed by atoms with Crippen molar-refractivity contribution in [2.75, 3.05) is 13.2 Å². The summed E-state index contributed by atoms with van der Waals surface area (Å²) in [6.45, 7) is 0.439. The van der Waals surface area contributed by atoms with E-state index < -0.39 is 18.0 Å². The average Bonchev–Trinajstić information content (AvgIpc) is 2.52. The van der Waals surface area contributed by atoms with Gasteiger partial charge >= 0.3 is 12.0 Å². The number of amides is 2. The number of benzene rings is 1. The predicted octanol–water partition coefficient (Wildman–Crippen LogP) is 1.37. The van der Waals surface area contributed by atoms with Gasteiger partial charge in [-0.15, -0.1) is 0 Å². The Hall–Kier alpha value is -2.08. The fourth-order valence-corrected chi connectivity index (χ4v) is 2.60. The van der Waals surface area contributed by atoms with Gasteiger partial charge in [0.1, 0.15) is 0 Å². The maximum atomic E-state index is 12.3. The summed E-state index contributed by atoms with van der Waals surface area (Å²) in [6.07, 6.45) is 2.58. The van der Waals surface area contributed by atoms with Gasteiger partial charge in [-0.2, -0.15) is 0 Å². The van der Waals surface area contributed by atoms with E-state index in [1.807, 2.05) is 0 Å². The fraction of sp³-hybridized carbons (Fsp3) is 0.467. The second-order valence-electron chi connectivity index (χ2n) is 5.16. The first kappa shape index (κ1) is 15.3.